The Hall–Kier alpha value is -1.56. The Morgan fingerprint density at radius 2 is 2.11 bits per heavy atom. The van der Waals surface area contributed by atoms with E-state index in [2.05, 4.69) is 17.2 Å². The van der Waals surface area contributed by atoms with E-state index in [1.807, 2.05) is 25.5 Å². The lowest BCUT2D eigenvalue weighted by Crippen LogP contribution is -2.23. The lowest BCUT2D eigenvalue weighted by molar-refractivity contribution is 0.671. The van der Waals surface area contributed by atoms with Crippen molar-refractivity contribution in [3.8, 4) is 0 Å². The molecule has 2 aromatic heterocycles. The maximum Gasteiger partial charge on any atom is 0.328 e. The zero-order valence-corrected chi connectivity index (χ0v) is 11.5. The number of hydrogen-bond donors (Lipinski definition) is 1. The Kier molecular flexibility index (Phi) is 4.19. The van der Waals surface area contributed by atoms with Gasteiger partial charge in [-0.15, -0.1) is 11.3 Å². The van der Waals surface area contributed by atoms with Crippen molar-refractivity contribution in [1.82, 2.24) is 14.1 Å². The zero-order chi connectivity index (χ0) is 13.0. The minimum Gasteiger partial charge on any atom is -0.362 e. The molecule has 0 saturated heterocycles. The van der Waals surface area contributed by atoms with Gasteiger partial charge in [0, 0.05) is 36.6 Å². The minimum atomic E-state index is 0.0361. The van der Waals surface area contributed by atoms with Gasteiger partial charge in [-0.3, -0.25) is 9.13 Å². The van der Waals surface area contributed by atoms with Crippen LogP contribution in [-0.4, -0.2) is 20.7 Å². The average Bonchev–Trinajstić information content (AvgIpc) is 2.96. The predicted octanol–water partition coefficient (Wildman–Crippen LogP) is 2.00. The summed E-state index contributed by atoms with van der Waals surface area (Å²) in [5.74, 6) is 0. The molecule has 0 aromatic carbocycles. The Bertz CT molecular complexity index is 554. The topological polar surface area (TPSA) is 51.9 Å². The van der Waals surface area contributed by atoms with E-state index in [1.54, 1.807) is 20.5 Å². The number of hydrogen-bond acceptors (Lipinski definition) is 4. The first kappa shape index (κ1) is 12.9. The molecule has 2 heterocycles. The van der Waals surface area contributed by atoms with E-state index in [4.69, 9.17) is 0 Å². The van der Waals surface area contributed by atoms with Crippen LogP contribution >= 0.6 is 11.3 Å². The van der Waals surface area contributed by atoms with Gasteiger partial charge in [-0.1, -0.05) is 6.92 Å². The first-order valence-corrected chi connectivity index (χ1v) is 7.00. The number of aryl methyl sites for hydroxylation is 1. The molecule has 0 aliphatic carbocycles. The number of nitrogens with zero attached hydrogens (tertiary/aromatic N) is 3. The Labute approximate surface area is 110 Å². The van der Waals surface area contributed by atoms with Crippen LogP contribution in [0.5, 0.6) is 0 Å². The normalized spacial score (nSPS) is 10.8. The molecule has 5 nitrogen and oxygen atoms in total. The van der Waals surface area contributed by atoms with E-state index >= 15 is 0 Å². The second kappa shape index (κ2) is 5.86. The van der Waals surface area contributed by atoms with Crippen LogP contribution in [0.3, 0.4) is 0 Å². The summed E-state index contributed by atoms with van der Waals surface area (Å²) in [6, 6.07) is 0. The number of imidazole rings is 1. The van der Waals surface area contributed by atoms with Crippen molar-refractivity contribution in [3.63, 3.8) is 0 Å². The molecule has 0 fully saturated rings. The third kappa shape index (κ3) is 2.81. The quantitative estimate of drug-likeness (QED) is 0.870. The number of rotatable bonds is 6. The molecule has 0 radical (unpaired) electrons. The van der Waals surface area contributed by atoms with Crippen molar-refractivity contribution in [1.29, 1.82) is 0 Å². The summed E-state index contributed by atoms with van der Waals surface area (Å²) in [6.45, 7) is 6.31. The molecule has 0 amide bonds. The van der Waals surface area contributed by atoms with Crippen LogP contribution in [0.15, 0.2) is 23.4 Å². The molecular formula is C12H18N4OS. The molecule has 0 unspecified atom stereocenters. The molecule has 0 saturated carbocycles. The van der Waals surface area contributed by atoms with Gasteiger partial charge in [0.2, 0.25) is 0 Å². The van der Waals surface area contributed by atoms with Crippen LogP contribution in [0.25, 0.3) is 0 Å². The fourth-order valence-corrected chi connectivity index (χ4v) is 2.51. The van der Waals surface area contributed by atoms with Crippen molar-refractivity contribution in [2.45, 2.75) is 33.4 Å². The highest BCUT2D eigenvalue weighted by Gasteiger charge is 2.05. The third-order valence-electron chi connectivity index (χ3n) is 2.66. The molecule has 98 valence electrons. The summed E-state index contributed by atoms with van der Waals surface area (Å²) in [4.78, 5) is 17.3. The summed E-state index contributed by atoms with van der Waals surface area (Å²) in [6.07, 6.45) is 6.55. The van der Waals surface area contributed by atoms with E-state index in [0.717, 1.165) is 23.0 Å². The fraction of sp³-hybridized carbons (Fsp3) is 0.500. The highest BCUT2D eigenvalue weighted by molar-refractivity contribution is 7.15. The average molecular weight is 266 g/mol. The molecule has 2 rings (SSSR count). The van der Waals surface area contributed by atoms with Crippen molar-refractivity contribution in [3.05, 3.63) is 34.0 Å². The molecule has 1 N–H and O–H groups in total. The summed E-state index contributed by atoms with van der Waals surface area (Å²) in [5.41, 5.74) is 0.0361. The van der Waals surface area contributed by atoms with Crippen molar-refractivity contribution in [2.24, 2.45) is 0 Å². The summed E-state index contributed by atoms with van der Waals surface area (Å²) in [5, 5.41) is 4.17. The van der Waals surface area contributed by atoms with E-state index < -0.39 is 0 Å². The van der Waals surface area contributed by atoms with Crippen molar-refractivity contribution >= 4 is 16.5 Å². The highest BCUT2D eigenvalue weighted by atomic mass is 32.1. The van der Waals surface area contributed by atoms with Gasteiger partial charge in [0.15, 0.2) is 5.13 Å². The fourth-order valence-electron chi connectivity index (χ4n) is 1.68. The summed E-state index contributed by atoms with van der Waals surface area (Å²) >= 11 is 1.60. The molecule has 0 spiro atoms. The zero-order valence-electron chi connectivity index (χ0n) is 10.7. The minimum absolute atomic E-state index is 0.0361. The van der Waals surface area contributed by atoms with Gasteiger partial charge in [-0.05, 0) is 13.3 Å². The highest BCUT2D eigenvalue weighted by Crippen LogP contribution is 2.18. The number of nitrogens with one attached hydrogen (secondary N) is 1. The monoisotopic (exact) mass is 266 g/mol. The van der Waals surface area contributed by atoms with Gasteiger partial charge >= 0.3 is 5.69 Å². The van der Waals surface area contributed by atoms with Crippen molar-refractivity contribution in [2.75, 3.05) is 11.9 Å². The molecule has 2 aromatic rings. The van der Waals surface area contributed by atoms with E-state index in [0.29, 0.717) is 13.1 Å². The van der Waals surface area contributed by atoms with Gasteiger partial charge in [-0.2, -0.15) is 0 Å². The second-order valence-electron chi connectivity index (χ2n) is 4.05. The number of anilines is 1. The Morgan fingerprint density at radius 3 is 2.78 bits per heavy atom. The van der Waals surface area contributed by atoms with Crippen molar-refractivity contribution < 1.29 is 0 Å². The molecule has 0 aliphatic heterocycles. The van der Waals surface area contributed by atoms with E-state index in [9.17, 15) is 4.79 Å². The first-order chi connectivity index (χ1) is 8.74. The number of aromatic nitrogens is 3. The lowest BCUT2D eigenvalue weighted by atomic mass is 10.5. The van der Waals surface area contributed by atoms with Crippen LogP contribution in [0.4, 0.5) is 5.13 Å². The van der Waals surface area contributed by atoms with Gasteiger partial charge in [-0.25, -0.2) is 9.78 Å². The van der Waals surface area contributed by atoms with Crippen LogP contribution in [-0.2, 0) is 13.1 Å². The summed E-state index contributed by atoms with van der Waals surface area (Å²) in [7, 11) is 0. The standard InChI is InChI=1S/C12H18N4OS/c1-3-5-13-11-14-8-10(18-11)9-16-7-6-15(4-2)12(16)17/h6-8H,3-5,9H2,1-2H3,(H,13,14). The smallest absolute Gasteiger partial charge is 0.328 e. The van der Waals surface area contributed by atoms with Gasteiger partial charge in [0.1, 0.15) is 0 Å². The molecule has 18 heavy (non-hydrogen) atoms. The molecule has 0 aliphatic rings. The van der Waals surface area contributed by atoms with Crippen LogP contribution < -0.4 is 11.0 Å². The molecular weight excluding hydrogens is 248 g/mol. The van der Waals surface area contributed by atoms with E-state index in [1.165, 1.54) is 0 Å². The summed E-state index contributed by atoms with van der Waals surface area (Å²) < 4.78 is 3.40. The maximum absolute atomic E-state index is 11.9. The van der Waals surface area contributed by atoms with E-state index in [-0.39, 0.29) is 5.69 Å². The third-order valence-corrected chi connectivity index (χ3v) is 3.60. The van der Waals surface area contributed by atoms with Gasteiger partial charge in [0.25, 0.3) is 0 Å². The second-order valence-corrected chi connectivity index (χ2v) is 5.17. The Balaban J connectivity index is 2.06. The van der Waals surface area contributed by atoms with Crippen LogP contribution in [0.1, 0.15) is 25.1 Å². The predicted molar refractivity (Wildman–Crippen MR) is 74.4 cm³/mol. The van der Waals surface area contributed by atoms with Crippen LogP contribution in [0, 0.1) is 0 Å². The maximum atomic E-state index is 11.9. The molecule has 0 bridgehead atoms. The first-order valence-electron chi connectivity index (χ1n) is 6.18. The van der Waals surface area contributed by atoms with Crippen LogP contribution in [0.2, 0.25) is 0 Å². The van der Waals surface area contributed by atoms with Gasteiger partial charge in [0.05, 0.1) is 6.54 Å². The molecule has 0 atom stereocenters. The lowest BCUT2D eigenvalue weighted by Gasteiger charge is -1.98. The largest absolute Gasteiger partial charge is 0.362 e. The Morgan fingerprint density at radius 1 is 1.33 bits per heavy atom. The SMILES string of the molecule is CCCNc1ncc(Cn2ccn(CC)c2=O)s1. The van der Waals surface area contributed by atoms with Gasteiger partial charge < -0.3 is 5.32 Å². The number of thiazole rings is 1. The molecule has 6 heteroatoms.